The van der Waals surface area contributed by atoms with Crippen molar-refractivity contribution in [1.82, 2.24) is 0 Å². The second-order valence-electron chi connectivity index (χ2n) is 2.61. The molecule has 1 aromatic carbocycles. The van der Waals surface area contributed by atoms with Crippen molar-refractivity contribution in [3.63, 3.8) is 0 Å². The summed E-state index contributed by atoms with van der Waals surface area (Å²) in [5, 5.41) is 8.74. The Morgan fingerprint density at radius 2 is 2.15 bits per heavy atom. The van der Waals surface area contributed by atoms with Gasteiger partial charge in [0.15, 0.2) is 0 Å². The van der Waals surface area contributed by atoms with E-state index in [0.29, 0.717) is 10.2 Å². The average molecular weight is 245 g/mol. The summed E-state index contributed by atoms with van der Waals surface area (Å²) in [6.45, 7) is 1.80. The molecule has 0 aliphatic heterocycles. The molecule has 1 N–H and O–H groups in total. The number of rotatable bonds is 2. The topological polar surface area (TPSA) is 46.5 Å². The van der Waals surface area contributed by atoms with Crippen LogP contribution >= 0.6 is 15.9 Å². The predicted molar refractivity (Wildman–Crippen MR) is 52.4 cm³/mol. The molecule has 13 heavy (non-hydrogen) atoms. The fraction of sp³-hybridized carbons (Fsp3) is 0.222. The second-order valence-corrected chi connectivity index (χ2v) is 3.47. The van der Waals surface area contributed by atoms with Crippen molar-refractivity contribution in [3.8, 4) is 5.75 Å². The standard InChI is InChI=1S/C9H9BrO3/c1-5-3-6(9(11)12)4-7(10)8(5)13-2/h3-4H,1-2H3,(H,11,12). The first-order chi connectivity index (χ1) is 6.06. The third-order valence-electron chi connectivity index (χ3n) is 1.68. The average Bonchev–Trinajstić information content (AvgIpc) is 2.03. The Hall–Kier alpha value is -1.03. The van der Waals surface area contributed by atoms with E-state index in [-0.39, 0.29) is 5.56 Å². The molecule has 0 unspecified atom stereocenters. The smallest absolute Gasteiger partial charge is 0.335 e. The molecule has 0 radical (unpaired) electrons. The monoisotopic (exact) mass is 244 g/mol. The first-order valence-corrected chi connectivity index (χ1v) is 4.43. The van der Waals surface area contributed by atoms with Crippen LogP contribution in [0.5, 0.6) is 5.75 Å². The number of halogens is 1. The van der Waals surface area contributed by atoms with Crippen LogP contribution in [-0.2, 0) is 0 Å². The van der Waals surface area contributed by atoms with Crippen LogP contribution in [0.3, 0.4) is 0 Å². The third kappa shape index (κ3) is 2.01. The van der Waals surface area contributed by atoms with Gasteiger partial charge in [-0.25, -0.2) is 4.79 Å². The number of methoxy groups -OCH3 is 1. The van der Waals surface area contributed by atoms with Crippen LogP contribution in [0.4, 0.5) is 0 Å². The summed E-state index contributed by atoms with van der Waals surface area (Å²) in [7, 11) is 1.55. The number of hydrogen-bond acceptors (Lipinski definition) is 2. The van der Waals surface area contributed by atoms with E-state index in [1.165, 1.54) is 6.07 Å². The van der Waals surface area contributed by atoms with Crippen LogP contribution in [0, 0.1) is 6.92 Å². The number of aryl methyl sites for hydroxylation is 1. The van der Waals surface area contributed by atoms with Crippen molar-refractivity contribution >= 4 is 21.9 Å². The van der Waals surface area contributed by atoms with Gasteiger partial charge < -0.3 is 9.84 Å². The molecule has 1 rings (SSSR count). The lowest BCUT2D eigenvalue weighted by atomic mass is 10.1. The molecule has 4 heteroatoms. The number of aromatic carboxylic acids is 1. The molecule has 0 saturated carbocycles. The molecule has 0 heterocycles. The Bertz CT molecular complexity index is 324. The number of benzene rings is 1. The molecule has 0 aromatic heterocycles. The molecule has 0 bridgehead atoms. The van der Waals surface area contributed by atoms with Gasteiger partial charge in [-0.15, -0.1) is 0 Å². The summed E-state index contributed by atoms with van der Waals surface area (Å²) in [6, 6.07) is 3.10. The highest BCUT2D eigenvalue weighted by molar-refractivity contribution is 9.10. The van der Waals surface area contributed by atoms with Crippen molar-refractivity contribution in [1.29, 1.82) is 0 Å². The zero-order valence-corrected chi connectivity index (χ0v) is 8.88. The molecular weight excluding hydrogens is 236 g/mol. The highest BCUT2D eigenvalue weighted by Crippen LogP contribution is 2.29. The SMILES string of the molecule is COc1c(C)cc(C(=O)O)cc1Br. The lowest BCUT2D eigenvalue weighted by Crippen LogP contribution is -1.98. The van der Waals surface area contributed by atoms with Crippen LogP contribution in [-0.4, -0.2) is 18.2 Å². The van der Waals surface area contributed by atoms with Crippen LogP contribution in [0.25, 0.3) is 0 Å². The summed E-state index contributed by atoms with van der Waals surface area (Å²) in [5.74, 6) is -0.267. The van der Waals surface area contributed by atoms with Crippen LogP contribution in [0.15, 0.2) is 16.6 Å². The zero-order valence-electron chi connectivity index (χ0n) is 7.30. The first kappa shape index (κ1) is 10.1. The lowest BCUT2D eigenvalue weighted by molar-refractivity contribution is 0.0696. The number of carbonyl (C=O) groups is 1. The maximum absolute atomic E-state index is 10.6. The molecule has 0 spiro atoms. The molecule has 0 amide bonds. The summed E-state index contributed by atoms with van der Waals surface area (Å²) >= 11 is 3.24. The minimum Gasteiger partial charge on any atom is -0.495 e. The molecule has 0 atom stereocenters. The Kier molecular flexibility index (Phi) is 2.93. The van der Waals surface area contributed by atoms with E-state index in [4.69, 9.17) is 9.84 Å². The lowest BCUT2D eigenvalue weighted by Gasteiger charge is -2.07. The minimum atomic E-state index is -0.938. The van der Waals surface area contributed by atoms with Crippen LogP contribution in [0.2, 0.25) is 0 Å². The fourth-order valence-electron chi connectivity index (χ4n) is 1.11. The maximum atomic E-state index is 10.6. The van der Waals surface area contributed by atoms with E-state index in [1.807, 2.05) is 0 Å². The normalized spacial score (nSPS) is 9.77. The van der Waals surface area contributed by atoms with Crippen molar-refractivity contribution in [3.05, 3.63) is 27.7 Å². The summed E-state index contributed by atoms with van der Waals surface area (Å²) in [5.41, 5.74) is 1.06. The van der Waals surface area contributed by atoms with E-state index >= 15 is 0 Å². The molecule has 0 aliphatic rings. The van der Waals surface area contributed by atoms with Gasteiger partial charge in [0.05, 0.1) is 17.1 Å². The van der Waals surface area contributed by atoms with E-state index in [9.17, 15) is 4.79 Å². The molecule has 1 aromatic rings. The number of ether oxygens (including phenoxy) is 1. The van der Waals surface area contributed by atoms with E-state index in [2.05, 4.69) is 15.9 Å². The van der Waals surface area contributed by atoms with Gasteiger partial charge in [-0.1, -0.05) is 0 Å². The summed E-state index contributed by atoms with van der Waals surface area (Å²) < 4.78 is 5.73. The summed E-state index contributed by atoms with van der Waals surface area (Å²) in [4.78, 5) is 10.6. The van der Waals surface area contributed by atoms with Gasteiger partial charge >= 0.3 is 5.97 Å². The number of carboxylic acids is 1. The summed E-state index contributed by atoms with van der Waals surface area (Å²) in [6.07, 6.45) is 0. The highest BCUT2D eigenvalue weighted by atomic mass is 79.9. The Morgan fingerprint density at radius 1 is 1.54 bits per heavy atom. The van der Waals surface area contributed by atoms with Gasteiger partial charge in [-0.05, 0) is 40.5 Å². The minimum absolute atomic E-state index is 0.255. The molecule has 0 aliphatic carbocycles. The molecule has 3 nitrogen and oxygen atoms in total. The van der Waals surface area contributed by atoms with Crippen LogP contribution in [0.1, 0.15) is 15.9 Å². The van der Waals surface area contributed by atoms with Crippen LogP contribution < -0.4 is 4.74 Å². The largest absolute Gasteiger partial charge is 0.495 e. The van der Waals surface area contributed by atoms with Gasteiger partial charge in [-0.2, -0.15) is 0 Å². The second kappa shape index (κ2) is 3.79. The van der Waals surface area contributed by atoms with Gasteiger partial charge in [0.2, 0.25) is 0 Å². The highest BCUT2D eigenvalue weighted by Gasteiger charge is 2.10. The predicted octanol–water partition coefficient (Wildman–Crippen LogP) is 2.46. The third-order valence-corrected chi connectivity index (χ3v) is 2.27. The van der Waals surface area contributed by atoms with Crippen molar-refractivity contribution in [2.24, 2.45) is 0 Å². The van der Waals surface area contributed by atoms with Gasteiger partial charge in [0, 0.05) is 0 Å². The Labute approximate surface area is 84.5 Å². The van der Waals surface area contributed by atoms with E-state index < -0.39 is 5.97 Å². The van der Waals surface area contributed by atoms with Crippen molar-refractivity contribution in [2.75, 3.05) is 7.11 Å². The van der Waals surface area contributed by atoms with Crippen molar-refractivity contribution < 1.29 is 14.6 Å². The zero-order chi connectivity index (χ0) is 10.0. The van der Waals surface area contributed by atoms with E-state index in [0.717, 1.165) is 5.56 Å². The Balaban J connectivity index is 3.28. The molecular formula is C9H9BrO3. The van der Waals surface area contributed by atoms with Gasteiger partial charge in [-0.3, -0.25) is 0 Å². The first-order valence-electron chi connectivity index (χ1n) is 3.63. The number of carboxylic acid groups (broad SMARTS) is 1. The molecule has 0 saturated heterocycles. The molecule has 0 fully saturated rings. The number of hydrogen-bond donors (Lipinski definition) is 1. The van der Waals surface area contributed by atoms with Gasteiger partial charge in [0.25, 0.3) is 0 Å². The van der Waals surface area contributed by atoms with Crippen molar-refractivity contribution in [2.45, 2.75) is 6.92 Å². The fourth-order valence-corrected chi connectivity index (χ4v) is 1.83. The Morgan fingerprint density at radius 3 is 2.54 bits per heavy atom. The quantitative estimate of drug-likeness (QED) is 0.870. The van der Waals surface area contributed by atoms with Gasteiger partial charge in [0.1, 0.15) is 5.75 Å². The maximum Gasteiger partial charge on any atom is 0.335 e. The van der Waals surface area contributed by atoms with E-state index in [1.54, 1.807) is 20.1 Å². The molecule has 70 valence electrons.